The Morgan fingerprint density at radius 2 is 1.65 bits per heavy atom. The first-order valence-corrected chi connectivity index (χ1v) is 8.67. The van der Waals surface area contributed by atoms with Crippen LogP contribution in [0.2, 0.25) is 5.15 Å². The fraction of sp³-hybridized carbons (Fsp3) is 0.278. The Balaban J connectivity index is 1.57. The molecule has 2 amide bonds. The number of rotatable bonds is 3. The predicted molar refractivity (Wildman–Crippen MR) is 103 cm³/mol. The van der Waals surface area contributed by atoms with Crippen LogP contribution in [-0.4, -0.2) is 54.9 Å². The zero-order valence-electron chi connectivity index (χ0n) is 14.4. The third-order valence-corrected chi connectivity index (χ3v) is 4.51. The number of nitrogens with zero attached hydrogens (tertiary/aromatic N) is 3. The van der Waals surface area contributed by atoms with Crippen LogP contribution >= 0.6 is 11.6 Å². The van der Waals surface area contributed by atoms with Gasteiger partial charge in [-0.15, -0.1) is 0 Å². The van der Waals surface area contributed by atoms with E-state index in [-0.39, 0.29) is 5.15 Å². The molecule has 1 fully saturated rings. The van der Waals surface area contributed by atoms with Gasteiger partial charge in [-0.1, -0.05) is 11.6 Å². The van der Waals surface area contributed by atoms with Crippen LogP contribution in [0.4, 0.5) is 17.1 Å². The highest BCUT2D eigenvalue weighted by molar-refractivity contribution is 6.44. The summed E-state index contributed by atoms with van der Waals surface area (Å²) in [7, 11) is 2.11. The molecule has 2 N–H and O–H groups in total. The summed E-state index contributed by atoms with van der Waals surface area (Å²) in [6, 6.07) is 10.7. The Labute approximate surface area is 157 Å². The highest BCUT2D eigenvalue weighted by atomic mass is 35.5. The molecule has 7 nitrogen and oxygen atoms in total. The first kappa shape index (κ1) is 18.2. The Morgan fingerprint density at radius 1 is 1.00 bits per heavy atom. The van der Waals surface area contributed by atoms with E-state index in [1.165, 1.54) is 6.20 Å². The van der Waals surface area contributed by atoms with E-state index in [1.54, 1.807) is 24.3 Å². The summed E-state index contributed by atoms with van der Waals surface area (Å²) >= 11 is 5.87. The van der Waals surface area contributed by atoms with Gasteiger partial charge in [-0.25, -0.2) is 4.98 Å². The number of aromatic nitrogens is 1. The summed E-state index contributed by atoms with van der Waals surface area (Å²) in [5.74, 6) is -1.57. The quantitative estimate of drug-likeness (QED) is 0.636. The molecule has 0 aliphatic carbocycles. The molecule has 0 bridgehead atoms. The van der Waals surface area contributed by atoms with Gasteiger partial charge >= 0.3 is 11.8 Å². The normalized spacial score (nSPS) is 14.8. The number of carbonyl (C=O) groups is 2. The molecule has 1 aliphatic rings. The highest BCUT2D eigenvalue weighted by Crippen LogP contribution is 2.20. The van der Waals surface area contributed by atoms with E-state index in [1.807, 2.05) is 12.1 Å². The molecule has 136 valence electrons. The van der Waals surface area contributed by atoms with Crippen LogP contribution in [0.3, 0.4) is 0 Å². The molecule has 0 atom stereocenters. The number of amides is 2. The lowest BCUT2D eigenvalue weighted by atomic mass is 10.2. The molecule has 1 saturated heterocycles. The maximum Gasteiger partial charge on any atom is 0.314 e. The fourth-order valence-corrected chi connectivity index (χ4v) is 2.83. The van der Waals surface area contributed by atoms with E-state index in [2.05, 4.69) is 32.5 Å². The molecule has 2 heterocycles. The Bertz CT molecular complexity index is 788. The summed E-state index contributed by atoms with van der Waals surface area (Å²) < 4.78 is 0. The van der Waals surface area contributed by atoms with Gasteiger partial charge < -0.3 is 20.4 Å². The summed E-state index contributed by atoms with van der Waals surface area (Å²) in [6.07, 6.45) is 1.50. The Morgan fingerprint density at radius 3 is 2.31 bits per heavy atom. The van der Waals surface area contributed by atoms with Crippen molar-refractivity contribution in [1.82, 2.24) is 9.88 Å². The van der Waals surface area contributed by atoms with Crippen molar-refractivity contribution in [3.8, 4) is 0 Å². The van der Waals surface area contributed by atoms with Crippen LogP contribution in [0.15, 0.2) is 42.6 Å². The fourth-order valence-electron chi connectivity index (χ4n) is 2.67. The van der Waals surface area contributed by atoms with E-state index in [4.69, 9.17) is 11.6 Å². The lowest BCUT2D eigenvalue weighted by Crippen LogP contribution is -2.44. The minimum atomic E-state index is -0.803. The topological polar surface area (TPSA) is 77.6 Å². The third kappa shape index (κ3) is 4.50. The van der Waals surface area contributed by atoms with Crippen LogP contribution in [0.5, 0.6) is 0 Å². The third-order valence-electron chi connectivity index (χ3n) is 4.21. The summed E-state index contributed by atoms with van der Waals surface area (Å²) in [4.78, 5) is 32.5. The number of benzene rings is 1. The van der Waals surface area contributed by atoms with Crippen LogP contribution in [0, 0.1) is 0 Å². The molecule has 3 rings (SSSR count). The molecule has 0 spiro atoms. The molecular formula is C18H20ClN5O2. The van der Waals surface area contributed by atoms with E-state index in [9.17, 15) is 9.59 Å². The molecule has 1 aliphatic heterocycles. The molecular weight excluding hydrogens is 354 g/mol. The predicted octanol–water partition coefficient (Wildman–Crippen LogP) is 2.06. The molecule has 0 saturated carbocycles. The second-order valence-electron chi connectivity index (χ2n) is 6.09. The summed E-state index contributed by atoms with van der Waals surface area (Å²) in [5.41, 5.74) is 1.95. The highest BCUT2D eigenvalue weighted by Gasteiger charge is 2.17. The Hall–Kier alpha value is -2.64. The van der Waals surface area contributed by atoms with Gasteiger partial charge in [0, 0.05) is 43.8 Å². The van der Waals surface area contributed by atoms with Crippen molar-refractivity contribution in [3.63, 3.8) is 0 Å². The van der Waals surface area contributed by atoms with Crippen LogP contribution in [-0.2, 0) is 9.59 Å². The number of carbonyl (C=O) groups excluding carboxylic acids is 2. The molecule has 0 radical (unpaired) electrons. The average molecular weight is 374 g/mol. The average Bonchev–Trinajstić information content (AvgIpc) is 2.65. The molecule has 1 aromatic carbocycles. The van der Waals surface area contributed by atoms with Crippen molar-refractivity contribution in [2.75, 3.05) is 48.8 Å². The smallest absolute Gasteiger partial charge is 0.314 e. The van der Waals surface area contributed by atoms with Gasteiger partial charge in [0.25, 0.3) is 0 Å². The molecule has 8 heteroatoms. The van der Waals surface area contributed by atoms with E-state index in [0.717, 1.165) is 31.9 Å². The molecule has 2 aromatic rings. The van der Waals surface area contributed by atoms with E-state index >= 15 is 0 Å². The molecule has 1 aromatic heterocycles. The minimum absolute atomic E-state index is 0.130. The second-order valence-corrected chi connectivity index (χ2v) is 6.45. The van der Waals surface area contributed by atoms with Gasteiger partial charge in [0.2, 0.25) is 0 Å². The van der Waals surface area contributed by atoms with Crippen LogP contribution in [0.25, 0.3) is 0 Å². The van der Waals surface area contributed by atoms with Gasteiger partial charge in [-0.3, -0.25) is 9.59 Å². The zero-order chi connectivity index (χ0) is 18.5. The van der Waals surface area contributed by atoms with Crippen molar-refractivity contribution in [2.45, 2.75) is 0 Å². The number of halogens is 1. The van der Waals surface area contributed by atoms with Crippen molar-refractivity contribution in [3.05, 3.63) is 47.7 Å². The lowest BCUT2D eigenvalue weighted by molar-refractivity contribution is -0.132. The largest absolute Gasteiger partial charge is 0.369 e. The Kier molecular flexibility index (Phi) is 5.70. The molecule has 0 unspecified atom stereocenters. The number of nitrogens with one attached hydrogen (secondary N) is 2. The first-order valence-electron chi connectivity index (χ1n) is 8.29. The number of hydrogen-bond acceptors (Lipinski definition) is 5. The van der Waals surface area contributed by atoms with Gasteiger partial charge in [-0.2, -0.15) is 0 Å². The van der Waals surface area contributed by atoms with Gasteiger partial charge in [-0.05, 0) is 43.4 Å². The number of anilines is 3. The number of hydrogen-bond donors (Lipinski definition) is 2. The first-order chi connectivity index (χ1) is 12.5. The van der Waals surface area contributed by atoms with Crippen molar-refractivity contribution < 1.29 is 9.59 Å². The maximum atomic E-state index is 12.0. The monoisotopic (exact) mass is 373 g/mol. The van der Waals surface area contributed by atoms with Crippen molar-refractivity contribution in [2.24, 2.45) is 0 Å². The SMILES string of the molecule is CN1CCN(c2ccc(NC(=O)C(=O)Nc3cccnc3Cl)cc2)CC1. The van der Waals surface area contributed by atoms with Gasteiger partial charge in [0.05, 0.1) is 5.69 Å². The minimum Gasteiger partial charge on any atom is -0.369 e. The van der Waals surface area contributed by atoms with Crippen molar-refractivity contribution in [1.29, 1.82) is 0 Å². The van der Waals surface area contributed by atoms with Crippen molar-refractivity contribution >= 4 is 40.5 Å². The number of pyridine rings is 1. The van der Waals surface area contributed by atoms with Gasteiger partial charge in [0.15, 0.2) is 5.15 Å². The van der Waals surface area contributed by atoms with E-state index in [0.29, 0.717) is 11.4 Å². The number of piperazine rings is 1. The molecule has 26 heavy (non-hydrogen) atoms. The number of likely N-dealkylation sites (N-methyl/N-ethyl adjacent to an activating group) is 1. The van der Waals surface area contributed by atoms with E-state index < -0.39 is 11.8 Å². The van der Waals surface area contributed by atoms with Crippen LogP contribution < -0.4 is 15.5 Å². The summed E-state index contributed by atoms with van der Waals surface area (Å²) in [6.45, 7) is 3.98. The summed E-state index contributed by atoms with van der Waals surface area (Å²) in [5, 5.41) is 5.15. The zero-order valence-corrected chi connectivity index (χ0v) is 15.2. The van der Waals surface area contributed by atoms with Gasteiger partial charge in [0.1, 0.15) is 0 Å². The standard InChI is InChI=1S/C18H20ClN5O2/c1-23-9-11-24(12-10-23)14-6-4-13(5-7-14)21-17(25)18(26)22-15-3-2-8-20-16(15)19/h2-8H,9-12H2,1H3,(H,21,25)(H,22,26). The second kappa shape index (κ2) is 8.16. The maximum absolute atomic E-state index is 12.0. The lowest BCUT2D eigenvalue weighted by Gasteiger charge is -2.34. The van der Waals surface area contributed by atoms with Crippen LogP contribution in [0.1, 0.15) is 0 Å².